The van der Waals surface area contributed by atoms with E-state index >= 15 is 0 Å². The van der Waals surface area contributed by atoms with Crippen LogP contribution >= 0.6 is 0 Å². The summed E-state index contributed by atoms with van der Waals surface area (Å²) in [5.41, 5.74) is 7.12. The average molecular weight is 489 g/mol. The summed E-state index contributed by atoms with van der Waals surface area (Å²) in [6.07, 6.45) is 1.59. The van der Waals surface area contributed by atoms with Gasteiger partial charge in [0.15, 0.2) is 0 Å². The molecule has 0 saturated heterocycles. The molecule has 0 radical (unpaired) electrons. The maximum absolute atomic E-state index is 9.08. The van der Waals surface area contributed by atoms with Crippen LogP contribution < -0.4 is 9.80 Å². The minimum atomic E-state index is 0.0784. The van der Waals surface area contributed by atoms with Crippen LogP contribution in [0.5, 0.6) is 0 Å². The lowest BCUT2D eigenvalue weighted by atomic mass is 10.1. The van der Waals surface area contributed by atoms with Crippen LogP contribution in [-0.2, 0) is 0 Å². The Morgan fingerprint density at radius 2 is 0.711 bits per heavy atom. The van der Waals surface area contributed by atoms with Crippen LogP contribution in [0.15, 0.2) is 145 Å². The average Bonchev–Trinajstić information content (AvgIpc) is 2.99. The van der Waals surface area contributed by atoms with E-state index in [9.17, 15) is 0 Å². The van der Waals surface area contributed by atoms with Crippen molar-refractivity contribution in [3.63, 3.8) is 0 Å². The topological polar surface area (TPSA) is 54.1 Å². The quantitative estimate of drug-likeness (QED) is 0.214. The van der Waals surface area contributed by atoms with Crippen molar-refractivity contribution < 1.29 is 0 Å². The Morgan fingerprint density at radius 3 is 1.03 bits per heavy atom. The Morgan fingerprint density at radius 1 is 0.421 bits per heavy atom. The molecule has 0 amide bonds. The molecule has 5 aromatic rings. The maximum atomic E-state index is 9.08. The molecule has 0 heterocycles. The standard InChI is InChI=1S/C34H24N4/c35-25-28(26-36)24-27-16-18-32(19-17-27)38(31-14-8-3-9-15-31)34-22-20-33(21-23-34)37(29-10-4-1-5-11-29)30-12-6-2-7-13-30/h1-24H. The first-order chi connectivity index (χ1) is 18.8. The largest absolute Gasteiger partial charge is 0.311 e. The molecule has 0 bridgehead atoms. The molecule has 0 fully saturated rings. The highest BCUT2D eigenvalue weighted by molar-refractivity contribution is 5.81. The minimum absolute atomic E-state index is 0.0784. The zero-order chi connectivity index (χ0) is 26.2. The molecule has 0 saturated carbocycles. The fraction of sp³-hybridized carbons (Fsp3) is 0. The summed E-state index contributed by atoms with van der Waals surface area (Å²) in [7, 11) is 0. The number of benzene rings is 5. The van der Waals surface area contributed by atoms with Gasteiger partial charge in [0.05, 0.1) is 0 Å². The van der Waals surface area contributed by atoms with Crippen molar-refractivity contribution in [3.05, 3.63) is 151 Å². The lowest BCUT2D eigenvalue weighted by Gasteiger charge is -2.28. The van der Waals surface area contributed by atoms with Gasteiger partial charge in [0.2, 0.25) is 0 Å². The van der Waals surface area contributed by atoms with E-state index in [2.05, 4.69) is 70.5 Å². The third-order valence-electron chi connectivity index (χ3n) is 6.11. The Balaban J connectivity index is 1.54. The molecule has 0 aliphatic rings. The monoisotopic (exact) mass is 488 g/mol. The van der Waals surface area contributed by atoms with Crippen molar-refractivity contribution in [1.29, 1.82) is 10.5 Å². The van der Waals surface area contributed by atoms with Crippen LogP contribution in [0.25, 0.3) is 6.08 Å². The second-order valence-corrected chi connectivity index (χ2v) is 8.57. The second kappa shape index (κ2) is 11.4. The van der Waals surface area contributed by atoms with Crippen molar-refractivity contribution in [2.75, 3.05) is 9.80 Å². The molecule has 0 aliphatic carbocycles. The van der Waals surface area contributed by atoms with Crippen LogP contribution in [0.1, 0.15) is 5.56 Å². The fourth-order valence-corrected chi connectivity index (χ4v) is 4.35. The summed E-state index contributed by atoms with van der Waals surface area (Å²) in [5, 5.41) is 18.2. The van der Waals surface area contributed by atoms with E-state index < -0.39 is 0 Å². The van der Waals surface area contributed by atoms with Crippen molar-refractivity contribution in [2.24, 2.45) is 0 Å². The van der Waals surface area contributed by atoms with E-state index in [0.29, 0.717) is 0 Å². The summed E-state index contributed by atoms with van der Waals surface area (Å²) in [4.78, 5) is 4.42. The van der Waals surface area contributed by atoms with Gasteiger partial charge in [-0.25, -0.2) is 0 Å². The van der Waals surface area contributed by atoms with Crippen LogP contribution in [0.3, 0.4) is 0 Å². The number of hydrogen-bond donors (Lipinski definition) is 0. The number of allylic oxidation sites excluding steroid dienone is 1. The molecule has 0 unspecified atom stereocenters. The fourth-order valence-electron chi connectivity index (χ4n) is 4.35. The number of hydrogen-bond acceptors (Lipinski definition) is 4. The molecule has 0 aliphatic heterocycles. The van der Waals surface area contributed by atoms with E-state index in [1.165, 1.54) is 0 Å². The summed E-state index contributed by atoms with van der Waals surface area (Å²) < 4.78 is 0. The van der Waals surface area contributed by atoms with Crippen molar-refractivity contribution in [2.45, 2.75) is 0 Å². The van der Waals surface area contributed by atoms with Crippen LogP contribution in [0.4, 0.5) is 34.1 Å². The van der Waals surface area contributed by atoms with Gasteiger partial charge in [-0.05, 0) is 84.4 Å². The van der Waals surface area contributed by atoms with Gasteiger partial charge in [-0.15, -0.1) is 0 Å². The summed E-state index contributed by atoms with van der Waals surface area (Å²) in [6.45, 7) is 0. The molecule has 0 atom stereocenters. The van der Waals surface area contributed by atoms with E-state index in [-0.39, 0.29) is 5.57 Å². The molecule has 5 aromatic carbocycles. The lowest BCUT2D eigenvalue weighted by molar-refractivity contribution is 1.25. The first-order valence-electron chi connectivity index (χ1n) is 12.2. The smallest absolute Gasteiger partial charge is 0.130 e. The van der Waals surface area contributed by atoms with Crippen molar-refractivity contribution in [1.82, 2.24) is 0 Å². The molecule has 4 nitrogen and oxygen atoms in total. The number of rotatable bonds is 7. The highest BCUT2D eigenvalue weighted by Gasteiger charge is 2.15. The van der Waals surface area contributed by atoms with Gasteiger partial charge in [-0.1, -0.05) is 66.7 Å². The predicted molar refractivity (Wildman–Crippen MR) is 155 cm³/mol. The SMILES string of the molecule is N#CC(C#N)=Cc1ccc(N(c2ccccc2)c2ccc(N(c3ccccc3)c3ccccc3)cc2)cc1. The van der Waals surface area contributed by atoms with Gasteiger partial charge in [0.25, 0.3) is 0 Å². The third-order valence-corrected chi connectivity index (χ3v) is 6.11. The van der Waals surface area contributed by atoms with Gasteiger partial charge in [-0.3, -0.25) is 0 Å². The highest BCUT2D eigenvalue weighted by Crippen LogP contribution is 2.38. The summed E-state index contributed by atoms with van der Waals surface area (Å²) in [5.74, 6) is 0. The van der Waals surface area contributed by atoms with E-state index in [1.807, 2.05) is 91.0 Å². The molecule has 0 spiro atoms. The molecular weight excluding hydrogens is 464 g/mol. The lowest BCUT2D eigenvalue weighted by Crippen LogP contribution is -2.12. The number of para-hydroxylation sites is 3. The molecule has 4 heteroatoms. The number of nitriles is 2. The van der Waals surface area contributed by atoms with Crippen molar-refractivity contribution >= 4 is 40.2 Å². The van der Waals surface area contributed by atoms with Gasteiger partial charge in [0.1, 0.15) is 17.7 Å². The summed E-state index contributed by atoms with van der Waals surface area (Å²) >= 11 is 0. The molecule has 0 N–H and O–H groups in total. The van der Waals surface area contributed by atoms with Gasteiger partial charge in [0, 0.05) is 34.1 Å². The van der Waals surface area contributed by atoms with Crippen molar-refractivity contribution in [3.8, 4) is 12.1 Å². The molecule has 38 heavy (non-hydrogen) atoms. The van der Waals surface area contributed by atoms with E-state index in [0.717, 1.165) is 39.7 Å². The zero-order valence-corrected chi connectivity index (χ0v) is 20.6. The normalized spacial score (nSPS) is 10.1. The minimum Gasteiger partial charge on any atom is -0.311 e. The van der Waals surface area contributed by atoms with Gasteiger partial charge >= 0.3 is 0 Å². The molecule has 5 rings (SSSR count). The second-order valence-electron chi connectivity index (χ2n) is 8.57. The number of anilines is 6. The van der Waals surface area contributed by atoms with Crippen LogP contribution in [-0.4, -0.2) is 0 Å². The maximum Gasteiger partial charge on any atom is 0.130 e. The first kappa shape index (κ1) is 24.1. The van der Waals surface area contributed by atoms with Gasteiger partial charge < -0.3 is 9.80 Å². The zero-order valence-electron chi connectivity index (χ0n) is 20.6. The Labute approximate surface area is 223 Å². The van der Waals surface area contributed by atoms with Crippen LogP contribution in [0.2, 0.25) is 0 Å². The molecule has 0 aromatic heterocycles. The van der Waals surface area contributed by atoms with E-state index in [1.54, 1.807) is 6.08 Å². The molecular formula is C34H24N4. The third kappa shape index (κ3) is 5.31. The molecule has 180 valence electrons. The Bertz CT molecular complexity index is 1540. The number of nitrogens with zero attached hydrogens (tertiary/aromatic N) is 4. The predicted octanol–water partition coefficient (Wildman–Crippen LogP) is 9.06. The Hall–Kier alpha value is -5.58. The van der Waals surface area contributed by atoms with E-state index in [4.69, 9.17) is 10.5 Å². The summed E-state index contributed by atoms with van der Waals surface area (Å²) in [6, 6.07) is 51.0. The van der Waals surface area contributed by atoms with Gasteiger partial charge in [-0.2, -0.15) is 10.5 Å². The highest BCUT2D eigenvalue weighted by atomic mass is 15.2. The Kier molecular flexibility index (Phi) is 7.26. The first-order valence-corrected chi connectivity index (χ1v) is 12.2. The van der Waals surface area contributed by atoms with Crippen LogP contribution in [0, 0.1) is 22.7 Å².